The minimum absolute atomic E-state index is 0.0239. The van der Waals surface area contributed by atoms with E-state index in [4.69, 9.17) is 0 Å². The number of hydrogen-bond donors (Lipinski definition) is 0. The molecule has 3 rings (SSSR count). The van der Waals surface area contributed by atoms with E-state index in [-0.39, 0.29) is 16.9 Å². The van der Waals surface area contributed by atoms with E-state index in [0.29, 0.717) is 18.7 Å². The topological polar surface area (TPSA) is 57.7 Å². The van der Waals surface area contributed by atoms with Crippen LogP contribution in [0, 0.1) is 11.6 Å². The van der Waals surface area contributed by atoms with Crippen molar-refractivity contribution in [3.05, 3.63) is 59.2 Å². The second-order valence-electron chi connectivity index (χ2n) is 6.64. The second kappa shape index (κ2) is 7.36. The number of rotatable bonds is 4. The highest BCUT2D eigenvalue weighted by molar-refractivity contribution is 7.89. The van der Waals surface area contributed by atoms with Crippen molar-refractivity contribution in [3.8, 4) is 0 Å². The molecule has 2 aromatic rings. The maximum absolute atomic E-state index is 13.9. The molecule has 0 spiro atoms. The SMILES string of the molecule is CN(C)S(=O)(=O)c1ccc2c(c1)N(C(=O)Cc1cc(F)ccc1F)CCC2. The monoisotopic (exact) mass is 394 g/mol. The Balaban J connectivity index is 1.95. The van der Waals surface area contributed by atoms with E-state index in [1.165, 1.54) is 31.1 Å². The van der Waals surface area contributed by atoms with Crippen molar-refractivity contribution in [1.29, 1.82) is 0 Å². The first kappa shape index (κ1) is 19.4. The van der Waals surface area contributed by atoms with Crippen molar-refractivity contribution >= 4 is 21.6 Å². The summed E-state index contributed by atoms with van der Waals surface area (Å²) in [7, 11) is -0.775. The van der Waals surface area contributed by atoms with Crippen LogP contribution in [0.4, 0.5) is 14.5 Å². The van der Waals surface area contributed by atoms with Gasteiger partial charge < -0.3 is 4.90 Å². The lowest BCUT2D eigenvalue weighted by Gasteiger charge is -2.30. The summed E-state index contributed by atoms with van der Waals surface area (Å²) < 4.78 is 53.2. The van der Waals surface area contributed by atoms with Crippen LogP contribution in [0.25, 0.3) is 0 Å². The van der Waals surface area contributed by atoms with Gasteiger partial charge in [0.15, 0.2) is 0 Å². The molecule has 144 valence electrons. The summed E-state index contributed by atoms with van der Waals surface area (Å²) in [6.07, 6.45) is 1.13. The molecule has 0 aliphatic carbocycles. The Morgan fingerprint density at radius 3 is 2.59 bits per heavy atom. The Labute approximate surface area is 157 Å². The molecule has 1 heterocycles. The minimum Gasteiger partial charge on any atom is -0.312 e. The molecule has 1 aliphatic heterocycles. The molecule has 5 nitrogen and oxygen atoms in total. The number of anilines is 1. The number of carbonyl (C=O) groups is 1. The van der Waals surface area contributed by atoms with Gasteiger partial charge in [-0.15, -0.1) is 0 Å². The van der Waals surface area contributed by atoms with Crippen LogP contribution in [-0.2, 0) is 27.7 Å². The number of sulfonamides is 1. The van der Waals surface area contributed by atoms with Gasteiger partial charge in [-0.05, 0) is 48.7 Å². The van der Waals surface area contributed by atoms with Gasteiger partial charge >= 0.3 is 0 Å². The molecule has 1 aliphatic rings. The smallest absolute Gasteiger partial charge is 0.242 e. The normalized spacial score (nSPS) is 14.3. The van der Waals surface area contributed by atoms with E-state index >= 15 is 0 Å². The molecule has 0 aromatic heterocycles. The third kappa shape index (κ3) is 3.86. The van der Waals surface area contributed by atoms with Crippen LogP contribution in [0.5, 0.6) is 0 Å². The molecular weight excluding hydrogens is 374 g/mol. The standard InChI is InChI=1S/C19H20F2N2O3S/c1-22(2)27(25,26)16-7-5-13-4-3-9-23(18(13)12-16)19(24)11-14-10-15(20)6-8-17(14)21/h5-8,10,12H,3-4,9,11H2,1-2H3. The van der Waals surface area contributed by atoms with Gasteiger partial charge in [0.25, 0.3) is 0 Å². The van der Waals surface area contributed by atoms with Crippen LogP contribution in [0.15, 0.2) is 41.3 Å². The van der Waals surface area contributed by atoms with Crippen LogP contribution >= 0.6 is 0 Å². The van der Waals surface area contributed by atoms with Crippen LogP contribution < -0.4 is 4.90 Å². The molecule has 0 saturated heterocycles. The zero-order chi connectivity index (χ0) is 19.8. The summed E-state index contributed by atoms with van der Waals surface area (Å²) >= 11 is 0. The highest BCUT2D eigenvalue weighted by Crippen LogP contribution is 2.31. The van der Waals surface area contributed by atoms with Crippen molar-refractivity contribution in [3.63, 3.8) is 0 Å². The van der Waals surface area contributed by atoms with E-state index in [1.54, 1.807) is 6.07 Å². The van der Waals surface area contributed by atoms with Crippen LogP contribution in [0.3, 0.4) is 0 Å². The van der Waals surface area contributed by atoms with Crippen molar-refractivity contribution in [2.75, 3.05) is 25.5 Å². The number of benzene rings is 2. The molecule has 8 heteroatoms. The van der Waals surface area contributed by atoms with Crippen molar-refractivity contribution < 1.29 is 22.0 Å². The van der Waals surface area contributed by atoms with Gasteiger partial charge in [0.05, 0.1) is 11.3 Å². The third-order valence-corrected chi connectivity index (χ3v) is 6.42. The maximum atomic E-state index is 13.9. The van der Waals surface area contributed by atoms with E-state index in [0.717, 1.165) is 34.5 Å². The first-order valence-corrected chi connectivity index (χ1v) is 9.94. The molecule has 2 aromatic carbocycles. The fraction of sp³-hybridized carbons (Fsp3) is 0.316. The van der Waals surface area contributed by atoms with E-state index < -0.39 is 27.6 Å². The molecule has 0 N–H and O–H groups in total. The molecule has 27 heavy (non-hydrogen) atoms. The Bertz CT molecular complexity index is 990. The lowest BCUT2D eigenvalue weighted by Crippen LogP contribution is -2.37. The summed E-state index contributed by atoms with van der Waals surface area (Å²) in [6.45, 7) is 0.397. The molecule has 0 bridgehead atoms. The van der Waals surface area contributed by atoms with Crippen molar-refractivity contribution in [1.82, 2.24) is 4.31 Å². The average Bonchev–Trinajstić information content (AvgIpc) is 2.63. The fourth-order valence-electron chi connectivity index (χ4n) is 3.12. The predicted molar refractivity (Wildman–Crippen MR) is 98.1 cm³/mol. The molecule has 1 amide bonds. The Hall–Kier alpha value is -2.32. The third-order valence-electron chi connectivity index (χ3n) is 4.60. The lowest BCUT2D eigenvalue weighted by molar-refractivity contribution is -0.118. The first-order valence-electron chi connectivity index (χ1n) is 8.50. The molecule has 0 radical (unpaired) electrons. The van der Waals surface area contributed by atoms with Crippen molar-refractivity contribution in [2.45, 2.75) is 24.2 Å². The van der Waals surface area contributed by atoms with E-state index in [1.807, 2.05) is 0 Å². The van der Waals surface area contributed by atoms with Gasteiger partial charge in [-0.3, -0.25) is 4.79 Å². The summed E-state index contributed by atoms with van der Waals surface area (Å²) in [5.41, 5.74) is 1.34. The first-order chi connectivity index (χ1) is 12.7. The predicted octanol–water partition coefficient (Wildman–Crippen LogP) is 2.74. The maximum Gasteiger partial charge on any atom is 0.242 e. The number of amides is 1. The molecule has 0 atom stereocenters. The van der Waals surface area contributed by atoms with Gasteiger partial charge in [-0.1, -0.05) is 6.07 Å². The number of hydrogen-bond acceptors (Lipinski definition) is 3. The van der Waals surface area contributed by atoms with Crippen LogP contribution in [0.2, 0.25) is 0 Å². The number of aryl methyl sites for hydroxylation is 1. The second-order valence-corrected chi connectivity index (χ2v) is 8.79. The minimum atomic E-state index is -3.64. The highest BCUT2D eigenvalue weighted by Gasteiger charge is 2.26. The number of nitrogens with zero attached hydrogens (tertiary/aromatic N) is 2. The lowest BCUT2D eigenvalue weighted by atomic mass is 10.0. The van der Waals surface area contributed by atoms with Crippen molar-refractivity contribution in [2.24, 2.45) is 0 Å². The average molecular weight is 394 g/mol. The number of carbonyl (C=O) groups excluding carboxylic acids is 1. The zero-order valence-electron chi connectivity index (χ0n) is 15.1. The van der Waals surface area contributed by atoms with E-state index in [9.17, 15) is 22.0 Å². The van der Waals surface area contributed by atoms with Crippen LogP contribution in [0.1, 0.15) is 17.5 Å². The summed E-state index contributed by atoms with van der Waals surface area (Å²) in [5, 5.41) is 0. The summed E-state index contributed by atoms with van der Waals surface area (Å²) in [5.74, 6) is -1.66. The Kier molecular flexibility index (Phi) is 5.30. The Morgan fingerprint density at radius 1 is 1.15 bits per heavy atom. The number of fused-ring (bicyclic) bond motifs is 1. The molecular formula is C19H20F2N2O3S. The largest absolute Gasteiger partial charge is 0.312 e. The van der Waals surface area contributed by atoms with Gasteiger partial charge in [0.1, 0.15) is 11.6 Å². The van der Waals surface area contributed by atoms with Gasteiger partial charge in [-0.2, -0.15) is 0 Å². The molecule has 0 unspecified atom stereocenters. The highest BCUT2D eigenvalue weighted by atomic mass is 32.2. The zero-order valence-corrected chi connectivity index (χ0v) is 15.9. The quantitative estimate of drug-likeness (QED) is 0.801. The van der Waals surface area contributed by atoms with Crippen LogP contribution in [-0.4, -0.2) is 39.3 Å². The summed E-state index contributed by atoms with van der Waals surface area (Å²) in [4.78, 5) is 14.3. The summed E-state index contributed by atoms with van der Waals surface area (Å²) in [6, 6.07) is 7.69. The fourth-order valence-corrected chi connectivity index (χ4v) is 4.04. The van der Waals surface area contributed by atoms with Gasteiger partial charge in [0, 0.05) is 31.9 Å². The van der Waals surface area contributed by atoms with E-state index in [2.05, 4.69) is 0 Å². The van der Waals surface area contributed by atoms with Gasteiger partial charge in [-0.25, -0.2) is 21.5 Å². The van der Waals surface area contributed by atoms with Gasteiger partial charge in [0.2, 0.25) is 15.9 Å². The molecule has 0 fully saturated rings. The molecule has 0 saturated carbocycles. The number of halogens is 2. The Morgan fingerprint density at radius 2 is 1.89 bits per heavy atom.